The number of rotatable bonds is 6. The van der Waals surface area contributed by atoms with Gasteiger partial charge in [-0.1, -0.05) is 43.3 Å². The first kappa shape index (κ1) is 20.3. The Morgan fingerprint density at radius 3 is 2.57 bits per heavy atom. The number of esters is 1. The third-order valence-electron chi connectivity index (χ3n) is 5.29. The number of hydrogen-bond donors (Lipinski definition) is 0. The summed E-state index contributed by atoms with van der Waals surface area (Å²) in [4.78, 5) is 26.9. The van der Waals surface area contributed by atoms with E-state index < -0.39 is 22.4 Å². The van der Waals surface area contributed by atoms with Crippen molar-refractivity contribution in [2.24, 2.45) is 0 Å². The second-order valence-electron chi connectivity index (χ2n) is 7.22. The number of carbonyl (C=O) groups excluding carboxylic acids is 2. The van der Waals surface area contributed by atoms with Gasteiger partial charge in [-0.15, -0.1) is 0 Å². The average Bonchev–Trinajstić information content (AvgIpc) is 3.04. The van der Waals surface area contributed by atoms with Gasteiger partial charge in [0, 0.05) is 12.1 Å². The minimum Gasteiger partial charge on any atom is -0.452 e. The standard InChI is InChI=1S/C21H25NO5S/c1-3-15(2)22(17-11-12-28(25,26)14-17)20(23)13-27-21(24)19-10-6-8-16-7-4-5-9-18(16)19/h4-10,15,17H,3,11-14H2,1-2H3/t15-,17+/m1/s1. The van der Waals surface area contributed by atoms with Gasteiger partial charge in [-0.25, -0.2) is 13.2 Å². The number of sulfone groups is 1. The Balaban J connectivity index is 1.72. The zero-order chi connectivity index (χ0) is 20.3. The molecule has 0 saturated carbocycles. The van der Waals surface area contributed by atoms with E-state index >= 15 is 0 Å². The molecule has 0 aromatic heterocycles. The van der Waals surface area contributed by atoms with Gasteiger partial charge in [0.15, 0.2) is 16.4 Å². The van der Waals surface area contributed by atoms with E-state index in [1.807, 2.05) is 44.2 Å². The maximum atomic E-state index is 12.8. The molecule has 2 aromatic rings. The van der Waals surface area contributed by atoms with Crippen molar-refractivity contribution in [1.82, 2.24) is 4.90 Å². The van der Waals surface area contributed by atoms with Crippen LogP contribution in [0.25, 0.3) is 10.8 Å². The van der Waals surface area contributed by atoms with Crippen molar-refractivity contribution in [1.29, 1.82) is 0 Å². The van der Waals surface area contributed by atoms with Crippen LogP contribution in [0, 0.1) is 0 Å². The smallest absolute Gasteiger partial charge is 0.339 e. The quantitative estimate of drug-likeness (QED) is 0.693. The van der Waals surface area contributed by atoms with Gasteiger partial charge >= 0.3 is 5.97 Å². The lowest BCUT2D eigenvalue weighted by Gasteiger charge is -2.33. The Bertz CT molecular complexity index is 980. The van der Waals surface area contributed by atoms with Gasteiger partial charge in [-0.3, -0.25) is 4.79 Å². The summed E-state index contributed by atoms with van der Waals surface area (Å²) in [6.45, 7) is 3.43. The van der Waals surface area contributed by atoms with E-state index in [1.165, 1.54) is 0 Å². The summed E-state index contributed by atoms with van der Waals surface area (Å²) < 4.78 is 29.0. The second kappa shape index (κ2) is 8.31. The van der Waals surface area contributed by atoms with E-state index in [2.05, 4.69) is 0 Å². The zero-order valence-corrected chi connectivity index (χ0v) is 16.9. The van der Waals surface area contributed by atoms with Crippen molar-refractivity contribution >= 4 is 32.5 Å². The van der Waals surface area contributed by atoms with Gasteiger partial charge in [0.1, 0.15) is 0 Å². The molecule has 1 aliphatic rings. The van der Waals surface area contributed by atoms with Gasteiger partial charge < -0.3 is 9.64 Å². The van der Waals surface area contributed by atoms with Crippen molar-refractivity contribution in [2.75, 3.05) is 18.1 Å². The number of fused-ring (bicyclic) bond motifs is 1. The third-order valence-corrected chi connectivity index (χ3v) is 7.04. The van der Waals surface area contributed by atoms with Gasteiger partial charge in [-0.05, 0) is 36.6 Å². The van der Waals surface area contributed by atoms with Gasteiger partial charge in [0.2, 0.25) is 0 Å². The van der Waals surface area contributed by atoms with Crippen LogP contribution in [0.15, 0.2) is 42.5 Å². The number of carbonyl (C=O) groups is 2. The van der Waals surface area contributed by atoms with Crippen LogP contribution in [0.1, 0.15) is 37.0 Å². The van der Waals surface area contributed by atoms with Crippen LogP contribution in [0.3, 0.4) is 0 Å². The molecule has 0 unspecified atom stereocenters. The lowest BCUT2D eigenvalue weighted by molar-refractivity contribution is -0.138. The largest absolute Gasteiger partial charge is 0.452 e. The molecule has 150 valence electrons. The summed E-state index contributed by atoms with van der Waals surface area (Å²) in [5.41, 5.74) is 0.407. The molecule has 0 spiro atoms. The van der Waals surface area contributed by atoms with Crippen molar-refractivity contribution in [3.05, 3.63) is 48.0 Å². The molecule has 0 radical (unpaired) electrons. The fourth-order valence-corrected chi connectivity index (χ4v) is 5.40. The van der Waals surface area contributed by atoms with Crippen LogP contribution in [0.4, 0.5) is 0 Å². The number of benzene rings is 2. The predicted octanol–water partition coefficient (Wildman–Crippen LogP) is 2.81. The van der Waals surface area contributed by atoms with E-state index in [4.69, 9.17) is 4.74 Å². The summed E-state index contributed by atoms with van der Waals surface area (Å²) in [6, 6.07) is 12.3. The fraction of sp³-hybridized carbons (Fsp3) is 0.429. The van der Waals surface area contributed by atoms with Crippen LogP contribution in [-0.2, 0) is 19.4 Å². The minimum absolute atomic E-state index is 0.0274. The molecule has 0 N–H and O–H groups in total. The highest BCUT2D eigenvalue weighted by Gasteiger charge is 2.36. The number of hydrogen-bond acceptors (Lipinski definition) is 5. The summed E-state index contributed by atoms with van der Waals surface area (Å²) in [5, 5.41) is 1.68. The summed E-state index contributed by atoms with van der Waals surface area (Å²) in [7, 11) is -3.12. The Morgan fingerprint density at radius 1 is 1.18 bits per heavy atom. The van der Waals surface area contributed by atoms with Crippen LogP contribution in [-0.4, -0.2) is 55.4 Å². The summed E-state index contributed by atoms with van der Waals surface area (Å²) >= 11 is 0. The first-order chi connectivity index (χ1) is 13.3. The van der Waals surface area contributed by atoms with Crippen molar-refractivity contribution in [2.45, 2.75) is 38.8 Å². The second-order valence-corrected chi connectivity index (χ2v) is 9.45. The molecule has 7 heteroatoms. The Hall–Kier alpha value is -2.41. The van der Waals surface area contributed by atoms with Crippen LogP contribution in [0.5, 0.6) is 0 Å². The zero-order valence-electron chi connectivity index (χ0n) is 16.1. The molecule has 3 rings (SSSR count). The van der Waals surface area contributed by atoms with E-state index in [-0.39, 0.29) is 29.5 Å². The highest BCUT2D eigenvalue weighted by atomic mass is 32.2. The summed E-state index contributed by atoms with van der Waals surface area (Å²) in [6.07, 6.45) is 1.12. The maximum absolute atomic E-state index is 12.8. The highest BCUT2D eigenvalue weighted by Crippen LogP contribution is 2.22. The number of nitrogens with zero attached hydrogens (tertiary/aromatic N) is 1. The molecule has 1 fully saturated rings. The van der Waals surface area contributed by atoms with E-state index in [1.54, 1.807) is 17.0 Å². The van der Waals surface area contributed by atoms with Crippen molar-refractivity contribution in [3.63, 3.8) is 0 Å². The van der Waals surface area contributed by atoms with Crippen molar-refractivity contribution in [3.8, 4) is 0 Å². The Labute approximate surface area is 165 Å². The van der Waals surface area contributed by atoms with Gasteiger partial charge in [0.05, 0.1) is 17.1 Å². The van der Waals surface area contributed by atoms with Gasteiger partial charge in [0.25, 0.3) is 5.91 Å². The molecule has 1 amide bonds. The summed E-state index contributed by atoms with van der Waals surface area (Å²) in [5.74, 6) is -0.855. The molecule has 0 bridgehead atoms. The van der Waals surface area contributed by atoms with Gasteiger partial charge in [-0.2, -0.15) is 0 Å². The Kier molecular flexibility index (Phi) is 6.03. The number of amides is 1. The average molecular weight is 404 g/mol. The monoisotopic (exact) mass is 403 g/mol. The molecule has 2 aromatic carbocycles. The van der Waals surface area contributed by atoms with Crippen LogP contribution in [0.2, 0.25) is 0 Å². The highest BCUT2D eigenvalue weighted by molar-refractivity contribution is 7.91. The molecule has 1 saturated heterocycles. The molecular weight excluding hydrogens is 378 g/mol. The van der Waals surface area contributed by atoms with E-state index in [0.717, 1.165) is 10.8 Å². The van der Waals surface area contributed by atoms with Crippen LogP contribution >= 0.6 is 0 Å². The third kappa shape index (κ3) is 4.35. The SMILES string of the molecule is CC[C@@H](C)N(C(=O)COC(=O)c1cccc2ccccc12)[C@H]1CCS(=O)(=O)C1. The van der Waals surface area contributed by atoms with E-state index in [0.29, 0.717) is 18.4 Å². The molecule has 0 aliphatic carbocycles. The Morgan fingerprint density at radius 2 is 1.89 bits per heavy atom. The maximum Gasteiger partial charge on any atom is 0.339 e. The minimum atomic E-state index is -3.12. The predicted molar refractivity (Wildman–Crippen MR) is 108 cm³/mol. The first-order valence-electron chi connectivity index (χ1n) is 9.49. The van der Waals surface area contributed by atoms with Crippen molar-refractivity contribution < 1.29 is 22.7 Å². The van der Waals surface area contributed by atoms with E-state index in [9.17, 15) is 18.0 Å². The topological polar surface area (TPSA) is 80.8 Å². The fourth-order valence-electron chi connectivity index (χ4n) is 3.68. The lowest BCUT2D eigenvalue weighted by Crippen LogP contribution is -2.48. The molecule has 1 aliphatic heterocycles. The number of ether oxygens (including phenoxy) is 1. The molecule has 2 atom stereocenters. The molecule has 6 nitrogen and oxygen atoms in total. The molecule has 28 heavy (non-hydrogen) atoms. The molecule has 1 heterocycles. The molecular formula is C21H25NO5S. The van der Waals surface area contributed by atoms with Crippen LogP contribution < -0.4 is 0 Å². The normalized spacial score (nSPS) is 19.3. The lowest BCUT2D eigenvalue weighted by atomic mass is 10.0. The first-order valence-corrected chi connectivity index (χ1v) is 11.3.